The highest BCUT2D eigenvalue weighted by atomic mass is 16.5. The second kappa shape index (κ2) is 7.23. The second-order valence-electron chi connectivity index (χ2n) is 5.95. The lowest BCUT2D eigenvalue weighted by molar-refractivity contribution is 0.0600. The van der Waals surface area contributed by atoms with Crippen LogP contribution in [0.5, 0.6) is 0 Å². The van der Waals surface area contributed by atoms with E-state index in [-0.39, 0.29) is 11.1 Å². The number of carbonyl (C=O) groups excluding carboxylic acids is 1. The van der Waals surface area contributed by atoms with Crippen molar-refractivity contribution in [2.75, 3.05) is 21.2 Å². The molecule has 0 aliphatic rings. The fourth-order valence-electron chi connectivity index (χ4n) is 2.60. The quantitative estimate of drug-likeness (QED) is 0.678. The lowest BCUT2D eigenvalue weighted by Crippen LogP contribution is -2.19. The Morgan fingerprint density at radius 1 is 1.19 bits per heavy atom. The predicted molar refractivity (Wildman–Crippen MR) is 101 cm³/mol. The van der Waals surface area contributed by atoms with Gasteiger partial charge in [-0.15, -0.1) is 0 Å². The van der Waals surface area contributed by atoms with Gasteiger partial charge in [0, 0.05) is 32.2 Å². The molecule has 132 valence electrons. The van der Waals surface area contributed by atoms with Gasteiger partial charge in [0.2, 0.25) is 0 Å². The maximum Gasteiger partial charge on any atom is 0.340 e. The number of hydrogen-bond donors (Lipinski definition) is 0. The summed E-state index contributed by atoms with van der Waals surface area (Å²) in [5.74, 6) is -0.535. The highest BCUT2D eigenvalue weighted by molar-refractivity contribution is 5.97. The molecule has 2 heterocycles. The van der Waals surface area contributed by atoms with Gasteiger partial charge in [-0.1, -0.05) is 18.2 Å². The number of rotatable bonds is 4. The number of pyridine rings is 2. The van der Waals surface area contributed by atoms with Gasteiger partial charge in [0.25, 0.3) is 5.56 Å². The average Bonchev–Trinajstić information content (AvgIpc) is 2.66. The van der Waals surface area contributed by atoms with Gasteiger partial charge in [-0.05, 0) is 30.3 Å². The van der Waals surface area contributed by atoms with E-state index < -0.39 is 5.97 Å². The van der Waals surface area contributed by atoms with Crippen molar-refractivity contribution in [3.8, 4) is 5.69 Å². The minimum absolute atomic E-state index is 0.241. The second-order valence-corrected chi connectivity index (χ2v) is 5.95. The minimum atomic E-state index is -0.535. The SMILES string of the molecule is COC(=O)c1cc2c(=O)n(-c3ccccc3)ccc2nc1/C=C/N(C)C. The Morgan fingerprint density at radius 2 is 1.92 bits per heavy atom. The van der Waals surface area contributed by atoms with Crippen LogP contribution in [0.15, 0.2) is 59.7 Å². The summed E-state index contributed by atoms with van der Waals surface area (Å²) >= 11 is 0. The predicted octanol–water partition coefficient (Wildman–Crippen LogP) is 2.70. The number of benzene rings is 1. The highest BCUT2D eigenvalue weighted by Gasteiger charge is 2.16. The van der Waals surface area contributed by atoms with Crippen molar-refractivity contribution in [1.29, 1.82) is 0 Å². The molecule has 0 N–H and O–H groups in total. The van der Waals surface area contributed by atoms with Crippen LogP contribution in [0.3, 0.4) is 0 Å². The fourth-order valence-corrected chi connectivity index (χ4v) is 2.60. The van der Waals surface area contributed by atoms with Crippen LogP contribution >= 0.6 is 0 Å². The normalized spacial score (nSPS) is 11.0. The summed E-state index contributed by atoms with van der Waals surface area (Å²) in [7, 11) is 5.04. The Labute approximate surface area is 151 Å². The lowest BCUT2D eigenvalue weighted by atomic mass is 10.1. The summed E-state index contributed by atoms with van der Waals surface area (Å²) in [6, 6.07) is 12.6. The van der Waals surface area contributed by atoms with E-state index in [2.05, 4.69) is 4.98 Å². The smallest absolute Gasteiger partial charge is 0.340 e. The number of esters is 1. The van der Waals surface area contributed by atoms with Crippen molar-refractivity contribution in [3.05, 3.63) is 76.5 Å². The molecule has 3 aromatic rings. The molecule has 0 spiro atoms. The maximum atomic E-state index is 12.9. The van der Waals surface area contributed by atoms with Gasteiger partial charge in [-0.2, -0.15) is 0 Å². The largest absolute Gasteiger partial charge is 0.465 e. The van der Waals surface area contributed by atoms with Gasteiger partial charge in [-0.25, -0.2) is 9.78 Å². The van der Waals surface area contributed by atoms with Gasteiger partial charge < -0.3 is 9.64 Å². The first-order chi connectivity index (χ1) is 12.5. The molecule has 3 rings (SSSR count). The number of ether oxygens (including phenoxy) is 1. The van der Waals surface area contributed by atoms with Crippen LogP contribution in [0, 0.1) is 0 Å². The molecule has 2 aromatic heterocycles. The first-order valence-electron chi connectivity index (χ1n) is 8.06. The monoisotopic (exact) mass is 349 g/mol. The van der Waals surface area contributed by atoms with Crippen LogP contribution in [0.2, 0.25) is 0 Å². The highest BCUT2D eigenvalue weighted by Crippen LogP contribution is 2.18. The van der Waals surface area contributed by atoms with E-state index in [0.717, 1.165) is 5.69 Å². The van der Waals surface area contributed by atoms with Crippen molar-refractivity contribution in [1.82, 2.24) is 14.5 Å². The molecule has 6 heteroatoms. The minimum Gasteiger partial charge on any atom is -0.465 e. The number of nitrogens with zero attached hydrogens (tertiary/aromatic N) is 3. The van der Waals surface area contributed by atoms with Crippen molar-refractivity contribution in [3.63, 3.8) is 0 Å². The number of hydrogen-bond acceptors (Lipinski definition) is 5. The Bertz CT molecular complexity index is 1040. The zero-order valence-corrected chi connectivity index (χ0v) is 14.8. The standard InChI is InChI=1S/C20H19N3O3/c1-22(2)11-9-18-16(20(25)26-3)13-15-17(21-18)10-12-23(19(15)24)14-7-5-4-6-8-14/h4-13H,1-3H3/b11-9+. The lowest BCUT2D eigenvalue weighted by Gasteiger charge is -2.10. The number of aromatic nitrogens is 2. The topological polar surface area (TPSA) is 64.4 Å². The van der Waals surface area contributed by atoms with E-state index in [0.29, 0.717) is 16.6 Å². The summed E-state index contributed by atoms with van der Waals surface area (Å²) in [5, 5.41) is 0.360. The van der Waals surface area contributed by atoms with E-state index in [1.165, 1.54) is 11.7 Å². The molecule has 0 saturated heterocycles. The molecule has 0 amide bonds. The summed E-state index contributed by atoms with van der Waals surface area (Å²) in [6.45, 7) is 0. The van der Waals surface area contributed by atoms with Gasteiger partial charge in [0.15, 0.2) is 0 Å². The third-order valence-electron chi connectivity index (χ3n) is 3.88. The average molecular weight is 349 g/mol. The molecule has 6 nitrogen and oxygen atoms in total. The molecule has 0 fully saturated rings. The van der Waals surface area contributed by atoms with Crippen molar-refractivity contribution in [2.24, 2.45) is 0 Å². The Morgan fingerprint density at radius 3 is 2.58 bits per heavy atom. The molecule has 0 unspecified atom stereocenters. The molecule has 1 aromatic carbocycles. The van der Waals surface area contributed by atoms with Crippen LogP contribution < -0.4 is 5.56 Å². The van der Waals surface area contributed by atoms with Crippen LogP contribution in [-0.2, 0) is 4.74 Å². The van der Waals surface area contributed by atoms with Crippen LogP contribution in [0.4, 0.5) is 0 Å². The Kier molecular flexibility index (Phi) is 4.84. The van der Waals surface area contributed by atoms with Gasteiger partial charge in [0.05, 0.1) is 29.3 Å². The molecule has 0 aliphatic carbocycles. The van der Waals surface area contributed by atoms with E-state index >= 15 is 0 Å². The molecule has 0 atom stereocenters. The van der Waals surface area contributed by atoms with Gasteiger partial charge in [-0.3, -0.25) is 9.36 Å². The zero-order chi connectivity index (χ0) is 18.7. The number of carbonyl (C=O) groups is 1. The first kappa shape index (κ1) is 17.4. The first-order valence-corrected chi connectivity index (χ1v) is 8.06. The summed E-state index contributed by atoms with van der Waals surface area (Å²) in [6.07, 6.45) is 5.18. The van der Waals surface area contributed by atoms with E-state index in [1.807, 2.05) is 49.3 Å². The van der Waals surface area contributed by atoms with Crippen LogP contribution in [-0.4, -0.2) is 41.6 Å². The number of methoxy groups -OCH3 is 1. The van der Waals surface area contributed by atoms with Crippen molar-refractivity contribution < 1.29 is 9.53 Å². The summed E-state index contributed by atoms with van der Waals surface area (Å²) in [5.41, 5.74) is 1.73. The van der Waals surface area contributed by atoms with Crippen LogP contribution in [0.25, 0.3) is 22.7 Å². The number of para-hydroxylation sites is 1. The molecule has 0 radical (unpaired) electrons. The molecule has 0 saturated carbocycles. The van der Waals surface area contributed by atoms with E-state index in [1.54, 1.807) is 30.6 Å². The maximum absolute atomic E-state index is 12.9. The molecule has 26 heavy (non-hydrogen) atoms. The molecular weight excluding hydrogens is 330 g/mol. The third kappa shape index (κ3) is 3.35. The Hall–Kier alpha value is -3.41. The van der Waals surface area contributed by atoms with Crippen molar-refractivity contribution in [2.45, 2.75) is 0 Å². The summed E-state index contributed by atoms with van der Waals surface area (Å²) < 4.78 is 6.38. The zero-order valence-electron chi connectivity index (χ0n) is 14.8. The van der Waals surface area contributed by atoms with Gasteiger partial charge in [0.1, 0.15) is 0 Å². The van der Waals surface area contributed by atoms with Crippen molar-refractivity contribution >= 4 is 22.9 Å². The number of fused-ring (bicyclic) bond motifs is 1. The Balaban J connectivity index is 2.25. The van der Waals surface area contributed by atoms with Crippen LogP contribution in [0.1, 0.15) is 16.1 Å². The third-order valence-corrected chi connectivity index (χ3v) is 3.88. The fraction of sp³-hybridized carbons (Fsp3) is 0.150. The van der Waals surface area contributed by atoms with Gasteiger partial charge >= 0.3 is 5.97 Å². The molecular formula is C20H19N3O3. The summed E-state index contributed by atoms with van der Waals surface area (Å²) in [4.78, 5) is 31.4. The molecule has 0 aliphatic heterocycles. The van der Waals surface area contributed by atoms with E-state index in [9.17, 15) is 9.59 Å². The molecule has 0 bridgehead atoms. The van der Waals surface area contributed by atoms with E-state index in [4.69, 9.17) is 4.74 Å².